The van der Waals surface area contributed by atoms with Crippen molar-refractivity contribution in [2.75, 3.05) is 5.32 Å². The number of hydrogen-bond donors (Lipinski definition) is 1. The Kier molecular flexibility index (Phi) is 3.62. The van der Waals surface area contributed by atoms with Gasteiger partial charge in [-0.15, -0.1) is 0 Å². The highest BCUT2D eigenvalue weighted by Gasteiger charge is 2.18. The molecule has 0 saturated heterocycles. The smallest absolute Gasteiger partial charge is 0.0540 e. The van der Waals surface area contributed by atoms with Gasteiger partial charge in [0.2, 0.25) is 0 Å². The van der Waals surface area contributed by atoms with E-state index in [4.69, 9.17) is 0 Å². The summed E-state index contributed by atoms with van der Waals surface area (Å²) in [6.07, 6.45) is 9.01. The number of nitrogens with zero attached hydrogens (tertiary/aromatic N) is 1. The van der Waals surface area contributed by atoms with E-state index in [1.807, 2.05) is 12.4 Å². The Hall–Kier alpha value is -0.570. The van der Waals surface area contributed by atoms with Crippen LogP contribution in [0.4, 0.5) is 5.69 Å². The number of aromatic nitrogens is 1. The van der Waals surface area contributed by atoms with E-state index in [9.17, 15) is 0 Å². The summed E-state index contributed by atoms with van der Waals surface area (Å²) in [5.74, 6) is 0.858. The van der Waals surface area contributed by atoms with Crippen LogP contribution in [-0.4, -0.2) is 11.0 Å². The SMILES string of the molecule is CC1CCCC(Nc2cncc(Br)c2)C1. The number of hydrogen-bond acceptors (Lipinski definition) is 2. The Labute approximate surface area is 99.6 Å². The van der Waals surface area contributed by atoms with Crippen molar-refractivity contribution in [1.29, 1.82) is 0 Å². The molecule has 2 unspecified atom stereocenters. The fraction of sp³-hybridized carbons (Fsp3) is 0.583. The van der Waals surface area contributed by atoms with Gasteiger partial charge in [0.25, 0.3) is 0 Å². The van der Waals surface area contributed by atoms with Gasteiger partial charge in [-0.3, -0.25) is 4.98 Å². The van der Waals surface area contributed by atoms with Crippen LogP contribution in [0.15, 0.2) is 22.9 Å². The van der Waals surface area contributed by atoms with Gasteiger partial charge in [-0.2, -0.15) is 0 Å². The lowest BCUT2D eigenvalue weighted by Gasteiger charge is -2.28. The maximum Gasteiger partial charge on any atom is 0.0540 e. The first-order chi connectivity index (χ1) is 7.24. The van der Waals surface area contributed by atoms with Crippen LogP contribution in [-0.2, 0) is 0 Å². The molecule has 1 N–H and O–H groups in total. The second-order valence-electron chi connectivity index (χ2n) is 4.50. The van der Waals surface area contributed by atoms with E-state index in [1.165, 1.54) is 25.7 Å². The minimum Gasteiger partial charge on any atom is -0.381 e. The molecule has 0 bridgehead atoms. The van der Waals surface area contributed by atoms with Crippen molar-refractivity contribution >= 4 is 21.6 Å². The summed E-state index contributed by atoms with van der Waals surface area (Å²) in [6, 6.07) is 2.72. The largest absolute Gasteiger partial charge is 0.381 e. The molecular formula is C12H17BrN2. The lowest BCUT2D eigenvalue weighted by molar-refractivity contribution is 0.358. The van der Waals surface area contributed by atoms with Crippen molar-refractivity contribution < 1.29 is 0 Å². The molecule has 1 aliphatic carbocycles. The number of rotatable bonds is 2. The van der Waals surface area contributed by atoms with E-state index < -0.39 is 0 Å². The zero-order valence-electron chi connectivity index (χ0n) is 9.04. The summed E-state index contributed by atoms with van der Waals surface area (Å²) in [5, 5.41) is 3.56. The molecule has 15 heavy (non-hydrogen) atoms. The quantitative estimate of drug-likeness (QED) is 0.882. The van der Waals surface area contributed by atoms with Crippen LogP contribution in [0.1, 0.15) is 32.6 Å². The molecule has 1 aromatic rings. The van der Waals surface area contributed by atoms with Crippen molar-refractivity contribution in [1.82, 2.24) is 4.98 Å². The predicted molar refractivity (Wildman–Crippen MR) is 67.0 cm³/mol. The summed E-state index contributed by atoms with van der Waals surface area (Å²) in [6.45, 7) is 2.34. The fourth-order valence-corrected chi connectivity index (χ4v) is 2.66. The van der Waals surface area contributed by atoms with Gasteiger partial charge in [-0.05, 0) is 40.8 Å². The zero-order chi connectivity index (χ0) is 10.7. The number of halogens is 1. The standard InChI is InChI=1S/C12H17BrN2/c1-9-3-2-4-11(5-9)15-12-6-10(13)7-14-8-12/h6-9,11,15H,2-5H2,1H3. The van der Waals surface area contributed by atoms with E-state index in [0.29, 0.717) is 6.04 Å². The van der Waals surface area contributed by atoms with Gasteiger partial charge in [0, 0.05) is 16.7 Å². The molecule has 82 valence electrons. The van der Waals surface area contributed by atoms with Crippen molar-refractivity contribution in [3.8, 4) is 0 Å². The number of nitrogens with one attached hydrogen (secondary N) is 1. The Morgan fingerprint density at radius 3 is 3.00 bits per heavy atom. The van der Waals surface area contributed by atoms with Crippen LogP contribution < -0.4 is 5.32 Å². The topological polar surface area (TPSA) is 24.9 Å². The minimum absolute atomic E-state index is 0.629. The first-order valence-electron chi connectivity index (χ1n) is 5.61. The van der Waals surface area contributed by atoms with E-state index in [1.54, 1.807) is 0 Å². The molecule has 2 rings (SSSR count). The molecule has 1 fully saturated rings. The molecule has 1 heterocycles. The zero-order valence-corrected chi connectivity index (χ0v) is 10.6. The van der Waals surface area contributed by atoms with E-state index >= 15 is 0 Å². The molecule has 0 aliphatic heterocycles. The number of pyridine rings is 1. The second kappa shape index (κ2) is 4.97. The van der Waals surface area contributed by atoms with Crippen molar-refractivity contribution in [3.63, 3.8) is 0 Å². The first-order valence-corrected chi connectivity index (χ1v) is 6.40. The molecule has 1 saturated carbocycles. The van der Waals surface area contributed by atoms with Gasteiger partial charge in [-0.1, -0.05) is 19.8 Å². The fourth-order valence-electron chi connectivity index (χ4n) is 2.29. The summed E-state index contributed by atoms with van der Waals surface area (Å²) in [7, 11) is 0. The molecule has 1 aromatic heterocycles. The molecule has 0 radical (unpaired) electrons. The first kappa shape index (κ1) is 10.9. The second-order valence-corrected chi connectivity index (χ2v) is 5.42. The summed E-state index contributed by atoms with van der Waals surface area (Å²) in [4.78, 5) is 4.16. The van der Waals surface area contributed by atoms with Crippen molar-refractivity contribution in [2.24, 2.45) is 5.92 Å². The van der Waals surface area contributed by atoms with Crippen LogP contribution in [0.3, 0.4) is 0 Å². The van der Waals surface area contributed by atoms with E-state index in [-0.39, 0.29) is 0 Å². The van der Waals surface area contributed by atoms with Gasteiger partial charge in [0.05, 0.1) is 11.9 Å². The van der Waals surface area contributed by atoms with Gasteiger partial charge in [0.15, 0.2) is 0 Å². The average molecular weight is 269 g/mol. The molecule has 3 heteroatoms. The van der Waals surface area contributed by atoms with E-state index in [2.05, 4.69) is 39.2 Å². The lowest BCUT2D eigenvalue weighted by atomic mass is 9.87. The third-order valence-electron chi connectivity index (χ3n) is 3.01. The Bertz CT molecular complexity index is 327. The number of anilines is 1. The third-order valence-corrected chi connectivity index (χ3v) is 3.45. The third kappa shape index (κ3) is 3.20. The lowest BCUT2D eigenvalue weighted by Crippen LogP contribution is -2.26. The molecule has 2 nitrogen and oxygen atoms in total. The van der Waals surface area contributed by atoms with Crippen LogP contribution in [0, 0.1) is 5.92 Å². The van der Waals surface area contributed by atoms with Gasteiger partial charge in [0.1, 0.15) is 0 Å². The molecule has 2 atom stereocenters. The average Bonchev–Trinajstić information content (AvgIpc) is 2.17. The Balaban J connectivity index is 1.96. The summed E-state index contributed by atoms with van der Waals surface area (Å²) in [5.41, 5.74) is 1.13. The minimum atomic E-state index is 0.629. The van der Waals surface area contributed by atoms with Crippen LogP contribution >= 0.6 is 15.9 Å². The normalized spacial score (nSPS) is 26.3. The van der Waals surface area contributed by atoms with E-state index in [0.717, 1.165) is 16.1 Å². The van der Waals surface area contributed by atoms with Gasteiger partial charge >= 0.3 is 0 Å². The monoisotopic (exact) mass is 268 g/mol. The maximum atomic E-state index is 4.16. The van der Waals surface area contributed by atoms with Crippen molar-refractivity contribution in [2.45, 2.75) is 38.6 Å². The molecule has 0 spiro atoms. The molecule has 0 amide bonds. The summed E-state index contributed by atoms with van der Waals surface area (Å²) < 4.78 is 1.04. The maximum absolute atomic E-state index is 4.16. The molecule has 1 aliphatic rings. The molecular weight excluding hydrogens is 252 g/mol. The molecule has 0 aromatic carbocycles. The Morgan fingerprint density at radius 1 is 1.40 bits per heavy atom. The highest BCUT2D eigenvalue weighted by Crippen LogP contribution is 2.26. The van der Waals surface area contributed by atoms with Crippen LogP contribution in [0.5, 0.6) is 0 Å². The highest BCUT2D eigenvalue weighted by atomic mass is 79.9. The highest BCUT2D eigenvalue weighted by molar-refractivity contribution is 9.10. The van der Waals surface area contributed by atoms with Gasteiger partial charge < -0.3 is 5.32 Å². The van der Waals surface area contributed by atoms with Crippen LogP contribution in [0.25, 0.3) is 0 Å². The van der Waals surface area contributed by atoms with Gasteiger partial charge in [-0.25, -0.2) is 0 Å². The van der Waals surface area contributed by atoms with Crippen molar-refractivity contribution in [3.05, 3.63) is 22.9 Å². The Morgan fingerprint density at radius 2 is 2.27 bits per heavy atom. The van der Waals surface area contributed by atoms with Crippen LogP contribution in [0.2, 0.25) is 0 Å². The predicted octanol–water partition coefficient (Wildman–Crippen LogP) is 3.83. The summed E-state index contributed by atoms with van der Waals surface area (Å²) >= 11 is 3.44.